The van der Waals surface area contributed by atoms with E-state index in [2.05, 4.69) is 11.9 Å². The van der Waals surface area contributed by atoms with Crippen LogP contribution in [-0.4, -0.2) is 6.61 Å². The van der Waals surface area contributed by atoms with Crippen molar-refractivity contribution in [3.05, 3.63) is 70.7 Å². The molecule has 0 aliphatic rings. The van der Waals surface area contributed by atoms with E-state index < -0.39 is 0 Å². The molecule has 2 nitrogen and oxygen atoms in total. The topological polar surface area (TPSA) is 21.3 Å². The number of rotatable bonds is 6. The Bertz CT molecular complexity index is 585. The van der Waals surface area contributed by atoms with Gasteiger partial charge >= 0.3 is 0 Å². The van der Waals surface area contributed by atoms with Gasteiger partial charge in [0.2, 0.25) is 0 Å². The molecule has 0 saturated carbocycles. The Hall–Kier alpha value is -1.64. The summed E-state index contributed by atoms with van der Waals surface area (Å²) < 4.78 is 5.61. The maximum atomic E-state index is 6.18. The molecule has 0 atom stereocenters. The summed E-state index contributed by atoms with van der Waals surface area (Å²) in [6.45, 7) is 4.62. The van der Waals surface area contributed by atoms with Gasteiger partial charge < -0.3 is 10.1 Å². The van der Waals surface area contributed by atoms with Gasteiger partial charge in [-0.3, -0.25) is 0 Å². The highest BCUT2D eigenvalue weighted by atomic mass is 35.5. The number of benzene rings is 2. The largest absolute Gasteiger partial charge is 0.488 e. The first-order valence-electron chi connectivity index (χ1n) is 6.21. The van der Waals surface area contributed by atoms with Gasteiger partial charge in [0, 0.05) is 22.8 Å². The zero-order valence-corrected chi connectivity index (χ0v) is 12.4. The fraction of sp³-hybridized carbons (Fsp3) is 0.125. The zero-order chi connectivity index (χ0) is 14.4. The second-order valence-corrected chi connectivity index (χ2v) is 5.04. The third-order valence-electron chi connectivity index (χ3n) is 2.69. The Balaban J connectivity index is 2.18. The molecule has 0 aromatic heterocycles. The number of ether oxygens (including phenoxy) is 1. The Labute approximate surface area is 129 Å². The van der Waals surface area contributed by atoms with Crippen LogP contribution in [-0.2, 0) is 6.54 Å². The second-order valence-electron chi connectivity index (χ2n) is 4.20. The van der Waals surface area contributed by atoms with Crippen LogP contribution in [0.1, 0.15) is 5.56 Å². The van der Waals surface area contributed by atoms with Gasteiger partial charge in [0.1, 0.15) is 12.4 Å². The maximum absolute atomic E-state index is 6.18. The first-order chi connectivity index (χ1) is 9.70. The molecule has 0 saturated heterocycles. The SMILES string of the molecule is C=CCOc1c(Cl)cc(Cl)cc1CNc1ccccc1. The molecule has 20 heavy (non-hydrogen) atoms. The average Bonchev–Trinajstić information content (AvgIpc) is 2.45. The van der Waals surface area contributed by atoms with Crippen molar-refractivity contribution in [2.24, 2.45) is 0 Å². The van der Waals surface area contributed by atoms with Gasteiger partial charge in [0.25, 0.3) is 0 Å². The molecular weight excluding hydrogens is 293 g/mol. The monoisotopic (exact) mass is 307 g/mol. The quantitative estimate of drug-likeness (QED) is 0.743. The van der Waals surface area contributed by atoms with Crippen molar-refractivity contribution in [2.45, 2.75) is 6.54 Å². The first kappa shape index (κ1) is 14.8. The van der Waals surface area contributed by atoms with Crippen molar-refractivity contribution in [1.29, 1.82) is 0 Å². The molecule has 0 radical (unpaired) electrons. The molecule has 0 aliphatic heterocycles. The lowest BCUT2D eigenvalue weighted by Crippen LogP contribution is -2.04. The summed E-state index contributed by atoms with van der Waals surface area (Å²) in [7, 11) is 0. The predicted octanol–water partition coefficient (Wildman–Crippen LogP) is 5.17. The second kappa shape index (κ2) is 7.22. The lowest BCUT2D eigenvalue weighted by atomic mass is 10.2. The molecule has 0 spiro atoms. The van der Waals surface area contributed by atoms with Gasteiger partial charge in [-0.1, -0.05) is 54.1 Å². The van der Waals surface area contributed by atoms with Gasteiger partial charge in [0.15, 0.2) is 0 Å². The molecule has 2 rings (SSSR count). The number of hydrogen-bond donors (Lipinski definition) is 1. The van der Waals surface area contributed by atoms with Crippen molar-refractivity contribution >= 4 is 28.9 Å². The molecule has 2 aromatic carbocycles. The normalized spacial score (nSPS) is 10.1. The number of anilines is 1. The van der Waals surface area contributed by atoms with Crippen LogP contribution in [0.4, 0.5) is 5.69 Å². The van der Waals surface area contributed by atoms with Crippen LogP contribution in [0.3, 0.4) is 0 Å². The Morgan fingerprint density at radius 2 is 1.90 bits per heavy atom. The standard InChI is InChI=1S/C16H15Cl2NO/c1-2-8-20-16-12(9-13(17)10-15(16)18)11-19-14-6-4-3-5-7-14/h2-7,9-10,19H,1,8,11H2. The van der Waals surface area contributed by atoms with Gasteiger partial charge in [-0.2, -0.15) is 0 Å². The molecule has 1 N–H and O–H groups in total. The van der Waals surface area contributed by atoms with E-state index in [-0.39, 0.29) is 0 Å². The minimum Gasteiger partial charge on any atom is -0.488 e. The minimum absolute atomic E-state index is 0.402. The minimum atomic E-state index is 0.402. The van der Waals surface area contributed by atoms with Gasteiger partial charge in [0.05, 0.1) is 5.02 Å². The van der Waals surface area contributed by atoms with E-state index in [4.69, 9.17) is 27.9 Å². The maximum Gasteiger partial charge on any atom is 0.143 e. The highest BCUT2D eigenvalue weighted by Crippen LogP contribution is 2.33. The molecular formula is C16H15Cl2NO. The summed E-state index contributed by atoms with van der Waals surface area (Å²) in [5.41, 5.74) is 1.94. The molecule has 4 heteroatoms. The van der Waals surface area contributed by atoms with Crippen LogP contribution < -0.4 is 10.1 Å². The molecule has 0 fully saturated rings. The van der Waals surface area contributed by atoms with E-state index in [1.807, 2.05) is 36.4 Å². The summed E-state index contributed by atoms with van der Waals surface area (Å²) in [5.74, 6) is 0.638. The average molecular weight is 308 g/mol. The summed E-state index contributed by atoms with van der Waals surface area (Å²) in [6, 6.07) is 13.4. The summed E-state index contributed by atoms with van der Waals surface area (Å²) in [4.78, 5) is 0. The van der Waals surface area contributed by atoms with E-state index in [9.17, 15) is 0 Å². The Morgan fingerprint density at radius 1 is 1.15 bits per heavy atom. The highest BCUT2D eigenvalue weighted by Gasteiger charge is 2.10. The van der Waals surface area contributed by atoms with E-state index in [1.54, 1.807) is 12.1 Å². The van der Waals surface area contributed by atoms with E-state index in [1.165, 1.54) is 0 Å². The smallest absolute Gasteiger partial charge is 0.143 e. The molecule has 0 amide bonds. The van der Waals surface area contributed by atoms with Crippen LogP contribution >= 0.6 is 23.2 Å². The molecule has 2 aromatic rings. The Kier molecular flexibility index (Phi) is 5.33. The predicted molar refractivity (Wildman–Crippen MR) is 85.9 cm³/mol. The van der Waals surface area contributed by atoms with Crippen LogP contribution in [0.25, 0.3) is 0 Å². The van der Waals surface area contributed by atoms with Gasteiger partial charge in [-0.15, -0.1) is 0 Å². The summed E-state index contributed by atoms with van der Waals surface area (Å²) in [6.07, 6.45) is 1.68. The number of para-hydroxylation sites is 1. The fourth-order valence-corrected chi connectivity index (χ4v) is 2.39. The highest BCUT2D eigenvalue weighted by molar-refractivity contribution is 6.35. The molecule has 0 heterocycles. The number of halogens is 2. The number of hydrogen-bond acceptors (Lipinski definition) is 2. The van der Waals surface area contributed by atoms with Crippen molar-refractivity contribution in [1.82, 2.24) is 0 Å². The van der Waals surface area contributed by atoms with E-state index >= 15 is 0 Å². The van der Waals surface area contributed by atoms with E-state index in [0.717, 1.165) is 11.3 Å². The van der Waals surface area contributed by atoms with Crippen LogP contribution in [0.2, 0.25) is 10.0 Å². The van der Waals surface area contributed by atoms with E-state index in [0.29, 0.717) is 28.9 Å². The van der Waals surface area contributed by atoms with Crippen LogP contribution in [0.15, 0.2) is 55.1 Å². The molecule has 0 bridgehead atoms. The van der Waals surface area contributed by atoms with Crippen molar-refractivity contribution in [2.75, 3.05) is 11.9 Å². The summed E-state index contributed by atoms with van der Waals surface area (Å²) in [5, 5.41) is 4.40. The molecule has 104 valence electrons. The number of nitrogens with one attached hydrogen (secondary N) is 1. The fourth-order valence-electron chi connectivity index (χ4n) is 1.80. The molecule has 0 aliphatic carbocycles. The van der Waals surface area contributed by atoms with Crippen LogP contribution in [0, 0.1) is 0 Å². The van der Waals surface area contributed by atoms with Gasteiger partial charge in [-0.05, 0) is 24.3 Å². The van der Waals surface area contributed by atoms with Crippen molar-refractivity contribution in [3.8, 4) is 5.75 Å². The van der Waals surface area contributed by atoms with Crippen LogP contribution in [0.5, 0.6) is 5.75 Å². The van der Waals surface area contributed by atoms with Crippen molar-refractivity contribution in [3.63, 3.8) is 0 Å². The summed E-state index contributed by atoms with van der Waals surface area (Å²) >= 11 is 12.2. The zero-order valence-electron chi connectivity index (χ0n) is 10.9. The molecule has 0 unspecified atom stereocenters. The lowest BCUT2D eigenvalue weighted by molar-refractivity contribution is 0.360. The Morgan fingerprint density at radius 3 is 2.60 bits per heavy atom. The van der Waals surface area contributed by atoms with Gasteiger partial charge in [-0.25, -0.2) is 0 Å². The third kappa shape index (κ3) is 3.92. The van der Waals surface area contributed by atoms with Crippen molar-refractivity contribution < 1.29 is 4.74 Å². The lowest BCUT2D eigenvalue weighted by Gasteiger charge is -2.14. The third-order valence-corrected chi connectivity index (χ3v) is 3.19. The first-order valence-corrected chi connectivity index (χ1v) is 6.97.